The van der Waals surface area contributed by atoms with E-state index in [0.29, 0.717) is 19.8 Å². The topological polar surface area (TPSA) is 54.0 Å². The van der Waals surface area contributed by atoms with Crippen molar-refractivity contribution in [2.75, 3.05) is 53.0 Å². The van der Waals surface area contributed by atoms with E-state index in [1.165, 1.54) is 0 Å². The number of amides is 2. The molecule has 0 unspecified atom stereocenters. The Hall–Kier alpha value is -1.95. The first-order chi connectivity index (χ1) is 10.7. The molecule has 0 aromatic heterocycles. The lowest BCUT2D eigenvalue weighted by molar-refractivity contribution is 0.154. The number of nitrogens with one attached hydrogen (secondary N) is 1. The van der Waals surface area contributed by atoms with Crippen LogP contribution in [-0.2, 0) is 6.42 Å². The van der Waals surface area contributed by atoms with Gasteiger partial charge in [-0.1, -0.05) is 6.07 Å². The Bertz CT molecular complexity index is 527. The van der Waals surface area contributed by atoms with Crippen LogP contribution in [0.2, 0.25) is 0 Å². The van der Waals surface area contributed by atoms with E-state index < -0.39 is 0 Å². The molecular weight excluding hydrogens is 282 g/mol. The lowest BCUT2D eigenvalue weighted by atomic mass is 10.1. The maximum absolute atomic E-state index is 12.1. The number of benzene rings is 1. The van der Waals surface area contributed by atoms with Crippen LogP contribution in [0.25, 0.3) is 0 Å². The predicted octanol–water partition coefficient (Wildman–Crippen LogP) is 0.957. The number of carbonyl (C=O) groups excluding carboxylic acids is 1. The van der Waals surface area contributed by atoms with Crippen molar-refractivity contribution in [1.29, 1.82) is 0 Å². The molecule has 22 heavy (non-hydrogen) atoms. The number of piperazine rings is 1. The van der Waals surface area contributed by atoms with Crippen molar-refractivity contribution in [3.8, 4) is 11.5 Å². The summed E-state index contributed by atoms with van der Waals surface area (Å²) in [6.45, 7) is 5.30. The monoisotopic (exact) mass is 305 g/mol. The summed E-state index contributed by atoms with van der Waals surface area (Å²) >= 11 is 0. The summed E-state index contributed by atoms with van der Waals surface area (Å²) in [7, 11) is 2.08. The highest BCUT2D eigenvalue weighted by Gasteiger charge is 2.18. The summed E-state index contributed by atoms with van der Waals surface area (Å²) in [6, 6.07) is 5.99. The Morgan fingerprint density at radius 3 is 2.64 bits per heavy atom. The molecule has 3 rings (SSSR count). The Morgan fingerprint density at radius 2 is 1.86 bits per heavy atom. The van der Waals surface area contributed by atoms with Crippen LogP contribution < -0.4 is 14.8 Å². The van der Waals surface area contributed by atoms with Gasteiger partial charge >= 0.3 is 6.03 Å². The number of urea groups is 1. The van der Waals surface area contributed by atoms with Gasteiger partial charge in [0, 0.05) is 32.7 Å². The number of hydrogen-bond acceptors (Lipinski definition) is 4. The summed E-state index contributed by atoms with van der Waals surface area (Å²) in [4.78, 5) is 16.2. The SMILES string of the molecule is CN1CCN(C(=O)NCCc2ccc3c(c2)OCCO3)CC1. The lowest BCUT2D eigenvalue weighted by Crippen LogP contribution is -2.50. The van der Waals surface area contributed by atoms with Gasteiger partial charge in [0.2, 0.25) is 0 Å². The molecule has 1 N–H and O–H groups in total. The number of nitrogens with zero attached hydrogens (tertiary/aromatic N) is 2. The third-order valence-electron chi connectivity index (χ3n) is 4.09. The van der Waals surface area contributed by atoms with Crippen LogP contribution in [0.15, 0.2) is 18.2 Å². The molecule has 0 saturated carbocycles. The van der Waals surface area contributed by atoms with Crippen LogP contribution in [0.3, 0.4) is 0 Å². The fourth-order valence-electron chi connectivity index (χ4n) is 2.68. The van der Waals surface area contributed by atoms with Crippen LogP contribution in [0.4, 0.5) is 4.79 Å². The van der Waals surface area contributed by atoms with Crippen LogP contribution in [0, 0.1) is 0 Å². The molecule has 6 nitrogen and oxygen atoms in total. The highest BCUT2D eigenvalue weighted by Crippen LogP contribution is 2.30. The highest BCUT2D eigenvalue weighted by molar-refractivity contribution is 5.74. The zero-order chi connectivity index (χ0) is 15.4. The Kier molecular flexibility index (Phi) is 4.68. The van der Waals surface area contributed by atoms with Gasteiger partial charge in [0.15, 0.2) is 11.5 Å². The summed E-state index contributed by atoms with van der Waals surface area (Å²) in [6.07, 6.45) is 0.788. The summed E-state index contributed by atoms with van der Waals surface area (Å²) in [5.74, 6) is 1.60. The van der Waals surface area contributed by atoms with Gasteiger partial charge < -0.3 is 24.6 Å². The van der Waals surface area contributed by atoms with Gasteiger partial charge in [-0.3, -0.25) is 0 Å². The molecule has 0 radical (unpaired) electrons. The number of ether oxygens (including phenoxy) is 2. The molecule has 1 aromatic carbocycles. The molecule has 6 heteroatoms. The van der Waals surface area contributed by atoms with Crippen LogP contribution >= 0.6 is 0 Å². The molecule has 0 bridgehead atoms. The van der Waals surface area contributed by atoms with Crippen LogP contribution in [0.5, 0.6) is 11.5 Å². The smallest absolute Gasteiger partial charge is 0.317 e. The molecule has 0 spiro atoms. The van der Waals surface area contributed by atoms with E-state index in [1.54, 1.807) is 0 Å². The molecule has 1 aromatic rings. The maximum atomic E-state index is 12.1. The molecule has 0 atom stereocenters. The third-order valence-corrected chi connectivity index (χ3v) is 4.09. The first-order valence-electron chi connectivity index (χ1n) is 7.82. The molecule has 2 amide bonds. The first-order valence-corrected chi connectivity index (χ1v) is 7.82. The molecule has 2 aliphatic rings. The third kappa shape index (κ3) is 3.62. The van der Waals surface area contributed by atoms with Crippen molar-refractivity contribution in [3.63, 3.8) is 0 Å². The van der Waals surface area contributed by atoms with Gasteiger partial charge in [-0.15, -0.1) is 0 Å². The van der Waals surface area contributed by atoms with Crippen LogP contribution in [0.1, 0.15) is 5.56 Å². The Balaban J connectivity index is 1.45. The number of rotatable bonds is 3. The summed E-state index contributed by atoms with van der Waals surface area (Å²) in [5, 5.41) is 2.99. The molecular formula is C16H23N3O3. The van der Waals surface area contributed by atoms with Crippen molar-refractivity contribution in [3.05, 3.63) is 23.8 Å². The van der Waals surface area contributed by atoms with Gasteiger partial charge in [0.05, 0.1) is 0 Å². The van der Waals surface area contributed by atoms with E-state index in [-0.39, 0.29) is 6.03 Å². The van der Waals surface area contributed by atoms with Crippen molar-refractivity contribution >= 4 is 6.03 Å². The Morgan fingerprint density at radius 1 is 1.14 bits per heavy atom. The standard InChI is InChI=1S/C16H23N3O3/c1-18-6-8-19(9-7-18)16(20)17-5-4-13-2-3-14-15(12-13)22-11-10-21-14/h2-3,12H,4-11H2,1H3,(H,17,20). The first kappa shape index (κ1) is 15.0. The van der Waals surface area contributed by atoms with Gasteiger partial charge in [0.25, 0.3) is 0 Å². The highest BCUT2D eigenvalue weighted by atomic mass is 16.6. The molecule has 1 fully saturated rings. The van der Waals surface area contributed by atoms with E-state index in [9.17, 15) is 4.79 Å². The van der Waals surface area contributed by atoms with Crippen molar-refractivity contribution < 1.29 is 14.3 Å². The van der Waals surface area contributed by atoms with Gasteiger partial charge in [-0.25, -0.2) is 4.79 Å². The van der Waals surface area contributed by atoms with E-state index in [1.807, 2.05) is 23.1 Å². The maximum Gasteiger partial charge on any atom is 0.317 e. The minimum atomic E-state index is 0.0330. The average molecular weight is 305 g/mol. The molecule has 0 aliphatic carbocycles. The van der Waals surface area contributed by atoms with E-state index in [0.717, 1.165) is 49.7 Å². The van der Waals surface area contributed by atoms with Gasteiger partial charge in [0.1, 0.15) is 13.2 Å². The summed E-state index contributed by atoms with van der Waals surface area (Å²) < 4.78 is 11.1. The lowest BCUT2D eigenvalue weighted by Gasteiger charge is -2.32. The zero-order valence-electron chi connectivity index (χ0n) is 13.0. The predicted molar refractivity (Wildman–Crippen MR) is 83.6 cm³/mol. The zero-order valence-corrected chi connectivity index (χ0v) is 13.0. The van der Waals surface area contributed by atoms with Crippen molar-refractivity contribution in [1.82, 2.24) is 15.1 Å². The fraction of sp³-hybridized carbons (Fsp3) is 0.562. The molecule has 1 saturated heterocycles. The second-order valence-corrected chi connectivity index (χ2v) is 5.75. The van der Waals surface area contributed by atoms with Crippen molar-refractivity contribution in [2.45, 2.75) is 6.42 Å². The van der Waals surface area contributed by atoms with E-state index >= 15 is 0 Å². The normalized spacial score (nSPS) is 18.1. The van der Waals surface area contributed by atoms with Gasteiger partial charge in [-0.05, 0) is 31.2 Å². The van der Waals surface area contributed by atoms with Gasteiger partial charge in [-0.2, -0.15) is 0 Å². The Labute approximate surface area is 131 Å². The quantitative estimate of drug-likeness (QED) is 0.904. The minimum absolute atomic E-state index is 0.0330. The number of carbonyl (C=O) groups is 1. The number of fused-ring (bicyclic) bond motifs is 1. The van der Waals surface area contributed by atoms with Crippen LogP contribution in [-0.4, -0.2) is 68.8 Å². The number of hydrogen-bond donors (Lipinski definition) is 1. The molecule has 2 heterocycles. The summed E-state index contributed by atoms with van der Waals surface area (Å²) in [5.41, 5.74) is 1.14. The largest absolute Gasteiger partial charge is 0.486 e. The van der Waals surface area contributed by atoms with E-state index in [4.69, 9.17) is 9.47 Å². The van der Waals surface area contributed by atoms with E-state index in [2.05, 4.69) is 17.3 Å². The molecule has 120 valence electrons. The average Bonchev–Trinajstić information content (AvgIpc) is 2.55. The molecule has 2 aliphatic heterocycles. The second kappa shape index (κ2) is 6.87. The minimum Gasteiger partial charge on any atom is -0.486 e. The van der Waals surface area contributed by atoms with Crippen molar-refractivity contribution in [2.24, 2.45) is 0 Å². The second-order valence-electron chi connectivity index (χ2n) is 5.75. The number of likely N-dealkylation sites (N-methyl/N-ethyl adjacent to an activating group) is 1. The fourth-order valence-corrected chi connectivity index (χ4v) is 2.68.